The van der Waals surface area contributed by atoms with Crippen LogP contribution in [0.1, 0.15) is 32.6 Å². The molecule has 1 atom stereocenters. The van der Waals surface area contributed by atoms with Gasteiger partial charge in [0.15, 0.2) is 11.6 Å². The van der Waals surface area contributed by atoms with E-state index in [9.17, 15) is 14.4 Å². The molecule has 3 heterocycles. The summed E-state index contributed by atoms with van der Waals surface area (Å²) < 4.78 is 15.1. The Morgan fingerprint density at radius 2 is 2.00 bits per heavy atom. The van der Waals surface area contributed by atoms with Crippen molar-refractivity contribution in [1.82, 2.24) is 9.97 Å². The van der Waals surface area contributed by atoms with Gasteiger partial charge in [-0.15, -0.1) is 11.3 Å². The number of carbonyl (C=O) groups is 2. The quantitative estimate of drug-likeness (QED) is 0.538. The zero-order valence-corrected chi connectivity index (χ0v) is 17.4. The highest BCUT2D eigenvalue weighted by molar-refractivity contribution is 7.20. The molecule has 10 heteroatoms. The van der Waals surface area contributed by atoms with Gasteiger partial charge in [0.25, 0.3) is 5.56 Å². The Balaban J connectivity index is 1.94. The Kier molecular flexibility index (Phi) is 6.14. The minimum atomic E-state index is -0.621. The molecule has 29 heavy (non-hydrogen) atoms. The van der Waals surface area contributed by atoms with Gasteiger partial charge in [-0.1, -0.05) is 0 Å². The standard InChI is InChI=1S/C19H21N3O6S/c1-10-5-6-11(28-10)8-22(2)9-13-20-17(24)15-12(7-14(23)26-3)16(19(25)27-4)29-18(15)21-13/h5-6H,7-9H2,1-4H3,(H,20,21,24)/p+1. The molecule has 0 aromatic carbocycles. The summed E-state index contributed by atoms with van der Waals surface area (Å²) >= 11 is 1.03. The van der Waals surface area contributed by atoms with Crippen molar-refractivity contribution >= 4 is 33.5 Å². The first-order valence-electron chi connectivity index (χ1n) is 8.88. The molecule has 9 nitrogen and oxygen atoms in total. The van der Waals surface area contributed by atoms with Crippen molar-refractivity contribution < 1.29 is 28.4 Å². The van der Waals surface area contributed by atoms with Crippen molar-refractivity contribution in [1.29, 1.82) is 0 Å². The van der Waals surface area contributed by atoms with Crippen LogP contribution in [0, 0.1) is 6.92 Å². The van der Waals surface area contributed by atoms with Gasteiger partial charge in [-0.2, -0.15) is 0 Å². The third-order valence-electron chi connectivity index (χ3n) is 4.37. The van der Waals surface area contributed by atoms with E-state index in [2.05, 4.69) is 14.7 Å². The van der Waals surface area contributed by atoms with Gasteiger partial charge in [0.1, 0.15) is 28.6 Å². The number of fused-ring (bicyclic) bond motifs is 1. The molecule has 3 aromatic heterocycles. The van der Waals surface area contributed by atoms with Crippen LogP contribution >= 0.6 is 11.3 Å². The number of hydrogen-bond acceptors (Lipinski definition) is 8. The molecule has 3 rings (SSSR count). The fourth-order valence-electron chi connectivity index (χ4n) is 3.06. The molecule has 154 valence electrons. The predicted octanol–water partition coefficient (Wildman–Crippen LogP) is 0.603. The highest BCUT2D eigenvalue weighted by Crippen LogP contribution is 2.29. The van der Waals surface area contributed by atoms with Crippen molar-refractivity contribution in [2.45, 2.75) is 26.4 Å². The van der Waals surface area contributed by atoms with Crippen molar-refractivity contribution in [3.63, 3.8) is 0 Å². The molecule has 0 radical (unpaired) electrons. The summed E-state index contributed by atoms with van der Waals surface area (Å²) in [5.41, 5.74) is -0.132. The maximum Gasteiger partial charge on any atom is 0.348 e. The Labute approximate surface area is 170 Å². The average molecular weight is 420 g/mol. The lowest BCUT2D eigenvalue weighted by Crippen LogP contribution is -3.06. The molecule has 3 aromatic rings. The summed E-state index contributed by atoms with van der Waals surface area (Å²) in [6.45, 7) is 2.96. The van der Waals surface area contributed by atoms with Crippen molar-refractivity contribution in [2.24, 2.45) is 0 Å². The Morgan fingerprint density at radius 3 is 2.62 bits per heavy atom. The van der Waals surface area contributed by atoms with Gasteiger partial charge in [0.05, 0.1) is 33.1 Å². The number of nitrogens with zero attached hydrogens (tertiary/aromatic N) is 1. The molecule has 0 bridgehead atoms. The number of aromatic amines is 1. The number of aromatic nitrogens is 2. The summed E-state index contributed by atoms with van der Waals surface area (Å²) in [5, 5.41) is 0.212. The lowest BCUT2D eigenvalue weighted by Gasteiger charge is -2.11. The van der Waals surface area contributed by atoms with Crippen LogP contribution in [0.25, 0.3) is 10.2 Å². The maximum absolute atomic E-state index is 12.7. The smallest absolute Gasteiger partial charge is 0.348 e. The number of methoxy groups -OCH3 is 2. The van der Waals surface area contributed by atoms with E-state index >= 15 is 0 Å². The van der Waals surface area contributed by atoms with Crippen LogP contribution in [0.5, 0.6) is 0 Å². The molecule has 0 amide bonds. The summed E-state index contributed by atoms with van der Waals surface area (Å²) in [6, 6.07) is 3.82. The number of quaternary nitrogens is 1. The van der Waals surface area contributed by atoms with Crippen LogP contribution in [0.15, 0.2) is 21.3 Å². The lowest BCUT2D eigenvalue weighted by molar-refractivity contribution is -0.909. The van der Waals surface area contributed by atoms with Crippen molar-refractivity contribution in [3.05, 3.63) is 50.3 Å². The Morgan fingerprint density at radius 1 is 1.24 bits per heavy atom. The van der Waals surface area contributed by atoms with E-state index in [1.54, 1.807) is 0 Å². The van der Waals surface area contributed by atoms with E-state index in [-0.39, 0.29) is 22.2 Å². The summed E-state index contributed by atoms with van der Waals surface area (Å²) in [4.78, 5) is 45.5. The number of hydrogen-bond donors (Lipinski definition) is 2. The average Bonchev–Trinajstić information content (AvgIpc) is 3.24. The van der Waals surface area contributed by atoms with Gasteiger partial charge >= 0.3 is 11.9 Å². The summed E-state index contributed by atoms with van der Waals surface area (Å²) in [6.07, 6.45) is -0.214. The van der Waals surface area contributed by atoms with E-state index in [1.165, 1.54) is 14.2 Å². The number of nitrogens with one attached hydrogen (secondary N) is 2. The number of rotatable bonds is 7. The van der Waals surface area contributed by atoms with E-state index in [1.807, 2.05) is 26.1 Å². The predicted molar refractivity (Wildman–Crippen MR) is 105 cm³/mol. The molecule has 0 saturated heterocycles. The number of carbonyl (C=O) groups excluding carboxylic acids is 2. The van der Waals surface area contributed by atoms with Gasteiger partial charge in [0, 0.05) is 5.56 Å². The van der Waals surface area contributed by atoms with Gasteiger partial charge < -0.3 is 23.8 Å². The molecule has 1 unspecified atom stereocenters. The highest BCUT2D eigenvalue weighted by Gasteiger charge is 2.25. The third-order valence-corrected chi connectivity index (χ3v) is 5.48. The minimum Gasteiger partial charge on any atom is -0.469 e. The third kappa shape index (κ3) is 4.54. The van der Waals surface area contributed by atoms with E-state index in [0.717, 1.165) is 27.8 Å². The molecule has 0 aliphatic heterocycles. The lowest BCUT2D eigenvalue weighted by atomic mass is 10.1. The topological polar surface area (TPSA) is 116 Å². The van der Waals surface area contributed by atoms with Gasteiger partial charge in [-0.3, -0.25) is 9.59 Å². The first-order chi connectivity index (χ1) is 13.8. The number of H-pyrrole nitrogens is 1. The van der Waals surface area contributed by atoms with Crippen LogP contribution in [0.2, 0.25) is 0 Å². The SMILES string of the molecule is COC(=O)Cc1c(C(=O)OC)sc2nc(C[NH+](C)Cc3ccc(C)o3)[nH]c(=O)c12. The second-order valence-electron chi connectivity index (χ2n) is 6.67. The van der Waals surface area contributed by atoms with E-state index < -0.39 is 17.5 Å². The fourth-order valence-corrected chi connectivity index (χ4v) is 4.19. The zero-order valence-electron chi connectivity index (χ0n) is 16.6. The molecule has 2 N–H and O–H groups in total. The monoisotopic (exact) mass is 420 g/mol. The largest absolute Gasteiger partial charge is 0.469 e. The molecule has 0 aliphatic rings. The number of thiophene rings is 1. The van der Waals surface area contributed by atoms with Gasteiger partial charge in [-0.05, 0) is 19.1 Å². The molecule has 0 spiro atoms. The Hall–Kier alpha value is -2.98. The molecular weight excluding hydrogens is 398 g/mol. The highest BCUT2D eigenvalue weighted by atomic mass is 32.1. The number of aryl methyl sites for hydroxylation is 1. The van der Waals surface area contributed by atoms with E-state index in [4.69, 9.17) is 9.15 Å². The zero-order chi connectivity index (χ0) is 21.1. The van der Waals surface area contributed by atoms with E-state index in [0.29, 0.717) is 23.7 Å². The van der Waals surface area contributed by atoms with Gasteiger partial charge in [0.2, 0.25) is 0 Å². The first-order valence-corrected chi connectivity index (χ1v) is 9.70. The maximum atomic E-state index is 12.7. The van der Waals surface area contributed by atoms with Crippen LogP contribution in [0.4, 0.5) is 0 Å². The van der Waals surface area contributed by atoms with Crippen LogP contribution in [-0.4, -0.2) is 43.2 Å². The number of ether oxygens (including phenoxy) is 2. The van der Waals surface area contributed by atoms with Crippen LogP contribution in [0.3, 0.4) is 0 Å². The van der Waals surface area contributed by atoms with Crippen LogP contribution < -0.4 is 10.5 Å². The second-order valence-corrected chi connectivity index (χ2v) is 7.67. The first kappa shape index (κ1) is 20.7. The summed E-state index contributed by atoms with van der Waals surface area (Å²) in [5.74, 6) is 0.978. The molecule has 0 saturated carbocycles. The van der Waals surface area contributed by atoms with Gasteiger partial charge in [-0.25, -0.2) is 9.78 Å². The fraction of sp³-hybridized carbons (Fsp3) is 0.368. The van der Waals surface area contributed by atoms with Crippen molar-refractivity contribution in [3.8, 4) is 0 Å². The number of esters is 2. The number of furan rings is 1. The molecular formula is C19H22N3O6S+. The Bertz CT molecular complexity index is 1110. The summed E-state index contributed by atoms with van der Waals surface area (Å²) in [7, 11) is 4.44. The molecule has 0 aliphatic carbocycles. The normalized spacial score (nSPS) is 12.1. The van der Waals surface area contributed by atoms with Crippen LogP contribution in [-0.2, 0) is 33.8 Å². The van der Waals surface area contributed by atoms with Crippen molar-refractivity contribution in [2.75, 3.05) is 21.3 Å². The molecule has 0 fully saturated rings. The second kappa shape index (κ2) is 8.58. The minimum absolute atomic E-state index is 0.176.